The number of aromatic nitrogens is 2. The molecule has 1 aromatic heterocycles. The van der Waals surface area contributed by atoms with Crippen molar-refractivity contribution in [1.82, 2.24) is 14.9 Å². The van der Waals surface area contributed by atoms with E-state index in [0.29, 0.717) is 10.0 Å². The van der Waals surface area contributed by atoms with Crippen molar-refractivity contribution in [2.45, 2.75) is 0 Å². The van der Waals surface area contributed by atoms with Crippen LogP contribution >= 0.6 is 23.2 Å². The molecule has 5 nitrogen and oxygen atoms in total. The van der Waals surface area contributed by atoms with Crippen LogP contribution in [0.25, 0.3) is 0 Å². The Morgan fingerprint density at radius 2 is 1.73 bits per heavy atom. The third kappa shape index (κ3) is 3.80. The molecule has 2 heterocycles. The minimum atomic E-state index is 0.586. The third-order valence-electron chi connectivity index (χ3n) is 3.56. The molecule has 1 aromatic carbocycles. The lowest BCUT2D eigenvalue weighted by Gasteiger charge is -2.32. The molecule has 1 aliphatic heterocycles. The van der Waals surface area contributed by atoms with Crippen molar-refractivity contribution < 1.29 is 0 Å². The number of anilines is 3. The van der Waals surface area contributed by atoms with Gasteiger partial charge < -0.3 is 15.1 Å². The maximum Gasteiger partial charge on any atom is 0.227 e. The molecule has 1 saturated heterocycles. The smallest absolute Gasteiger partial charge is 0.227 e. The van der Waals surface area contributed by atoms with Crippen LogP contribution in [0.1, 0.15) is 0 Å². The summed E-state index contributed by atoms with van der Waals surface area (Å²) in [4.78, 5) is 13.4. The fraction of sp³-hybridized carbons (Fsp3) is 0.333. The first-order valence-electron chi connectivity index (χ1n) is 7.10. The number of hydrogen-bond acceptors (Lipinski definition) is 5. The highest BCUT2D eigenvalue weighted by Crippen LogP contribution is 2.25. The second kappa shape index (κ2) is 6.69. The summed E-state index contributed by atoms with van der Waals surface area (Å²) >= 11 is 12.0. The summed E-state index contributed by atoms with van der Waals surface area (Å²) in [6.07, 6.45) is 1.76. The Labute approximate surface area is 139 Å². The molecule has 1 N–H and O–H groups in total. The molecular weight excluding hydrogens is 321 g/mol. The van der Waals surface area contributed by atoms with E-state index in [-0.39, 0.29) is 0 Å². The van der Waals surface area contributed by atoms with Crippen molar-refractivity contribution in [3.8, 4) is 0 Å². The first kappa shape index (κ1) is 15.3. The predicted octanol–water partition coefficient (Wildman–Crippen LogP) is 3.28. The zero-order valence-corrected chi connectivity index (χ0v) is 13.8. The predicted molar refractivity (Wildman–Crippen MR) is 91.5 cm³/mol. The quantitative estimate of drug-likeness (QED) is 0.931. The van der Waals surface area contributed by atoms with Gasteiger partial charge in [-0.1, -0.05) is 23.2 Å². The summed E-state index contributed by atoms with van der Waals surface area (Å²) in [6.45, 7) is 3.90. The summed E-state index contributed by atoms with van der Waals surface area (Å²) in [5.41, 5.74) is 0.806. The van der Waals surface area contributed by atoms with Crippen molar-refractivity contribution in [3.05, 3.63) is 40.5 Å². The summed E-state index contributed by atoms with van der Waals surface area (Å²) in [7, 11) is 2.12. The largest absolute Gasteiger partial charge is 0.340 e. The SMILES string of the molecule is CN1CCN(c2nccc(Nc3cc(Cl)cc(Cl)c3)n2)CC1. The van der Waals surface area contributed by atoms with Gasteiger partial charge in [-0.25, -0.2) is 4.98 Å². The third-order valence-corrected chi connectivity index (χ3v) is 4.00. The number of benzene rings is 1. The van der Waals surface area contributed by atoms with Crippen LogP contribution in [-0.4, -0.2) is 48.1 Å². The van der Waals surface area contributed by atoms with Crippen LogP contribution in [0.15, 0.2) is 30.5 Å². The molecule has 0 saturated carbocycles. The van der Waals surface area contributed by atoms with E-state index in [4.69, 9.17) is 23.2 Å². The average Bonchev–Trinajstić information content (AvgIpc) is 2.47. The van der Waals surface area contributed by atoms with Crippen LogP contribution in [0, 0.1) is 0 Å². The van der Waals surface area contributed by atoms with Crippen LogP contribution in [0.2, 0.25) is 10.0 Å². The van der Waals surface area contributed by atoms with Gasteiger partial charge in [-0.05, 0) is 31.3 Å². The van der Waals surface area contributed by atoms with E-state index >= 15 is 0 Å². The topological polar surface area (TPSA) is 44.3 Å². The van der Waals surface area contributed by atoms with Crippen molar-refractivity contribution >= 4 is 40.7 Å². The molecule has 3 rings (SSSR count). The molecule has 0 radical (unpaired) electrons. The van der Waals surface area contributed by atoms with Crippen LogP contribution in [0.3, 0.4) is 0 Å². The number of halogens is 2. The molecular formula is C15H17Cl2N5. The Bertz CT molecular complexity index is 636. The second-order valence-corrected chi connectivity index (χ2v) is 6.19. The van der Waals surface area contributed by atoms with E-state index in [1.165, 1.54) is 0 Å². The van der Waals surface area contributed by atoms with Crippen molar-refractivity contribution in [3.63, 3.8) is 0 Å². The van der Waals surface area contributed by atoms with Crippen LogP contribution in [0.5, 0.6) is 0 Å². The summed E-state index contributed by atoms with van der Waals surface area (Å²) in [5.74, 6) is 1.47. The van der Waals surface area contributed by atoms with Gasteiger partial charge in [0.2, 0.25) is 5.95 Å². The maximum atomic E-state index is 6.01. The standard InChI is InChI=1S/C15H17Cl2N5/c1-21-4-6-22(7-5-21)15-18-3-2-14(20-15)19-13-9-11(16)8-12(17)10-13/h2-3,8-10H,4-7H2,1H3,(H,18,19,20). The molecule has 116 valence electrons. The average molecular weight is 338 g/mol. The number of hydrogen-bond donors (Lipinski definition) is 1. The molecule has 0 atom stereocenters. The van der Waals surface area contributed by atoms with Gasteiger partial charge in [0.25, 0.3) is 0 Å². The molecule has 7 heteroatoms. The number of nitrogens with zero attached hydrogens (tertiary/aromatic N) is 4. The lowest BCUT2D eigenvalue weighted by atomic mass is 10.3. The molecule has 0 amide bonds. The Morgan fingerprint density at radius 1 is 1.05 bits per heavy atom. The maximum absolute atomic E-state index is 6.01. The molecule has 22 heavy (non-hydrogen) atoms. The Morgan fingerprint density at radius 3 is 2.41 bits per heavy atom. The van der Waals surface area contributed by atoms with Crippen LogP contribution in [0.4, 0.5) is 17.5 Å². The van der Waals surface area contributed by atoms with Crippen molar-refractivity contribution in [1.29, 1.82) is 0 Å². The number of rotatable bonds is 3. The Hall–Kier alpha value is -1.56. The lowest BCUT2D eigenvalue weighted by Crippen LogP contribution is -2.45. The normalized spacial score (nSPS) is 15.9. The highest BCUT2D eigenvalue weighted by Gasteiger charge is 2.16. The minimum absolute atomic E-state index is 0.586. The molecule has 0 unspecified atom stereocenters. The van der Waals surface area contributed by atoms with Crippen LogP contribution in [-0.2, 0) is 0 Å². The molecule has 0 spiro atoms. The second-order valence-electron chi connectivity index (χ2n) is 5.32. The zero-order chi connectivity index (χ0) is 15.5. The monoisotopic (exact) mass is 337 g/mol. The van der Waals surface area contributed by atoms with Gasteiger partial charge in [-0.3, -0.25) is 0 Å². The summed E-state index contributed by atoms with van der Waals surface area (Å²) < 4.78 is 0. The molecule has 1 fully saturated rings. The van der Waals surface area contributed by atoms with Crippen molar-refractivity contribution in [2.75, 3.05) is 43.4 Å². The van der Waals surface area contributed by atoms with Gasteiger partial charge in [0.05, 0.1) is 0 Å². The number of piperazine rings is 1. The summed E-state index contributed by atoms with van der Waals surface area (Å²) in [5, 5.41) is 4.39. The first-order valence-corrected chi connectivity index (χ1v) is 7.85. The number of nitrogens with one attached hydrogen (secondary N) is 1. The first-order chi connectivity index (χ1) is 10.6. The molecule has 2 aromatic rings. The van der Waals surface area contributed by atoms with Gasteiger partial charge in [-0.2, -0.15) is 4.98 Å². The van der Waals surface area contributed by atoms with Gasteiger partial charge in [0.1, 0.15) is 5.82 Å². The Balaban J connectivity index is 1.76. The fourth-order valence-corrected chi connectivity index (χ4v) is 2.88. The van der Waals surface area contributed by atoms with Gasteiger partial charge in [-0.15, -0.1) is 0 Å². The molecule has 1 aliphatic rings. The number of likely N-dealkylation sites (N-methyl/N-ethyl adjacent to an activating group) is 1. The zero-order valence-electron chi connectivity index (χ0n) is 12.3. The molecule has 0 aliphatic carbocycles. The lowest BCUT2D eigenvalue weighted by molar-refractivity contribution is 0.311. The van der Waals surface area contributed by atoms with Crippen molar-refractivity contribution in [2.24, 2.45) is 0 Å². The van der Waals surface area contributed by atoms with Gasteiger partial charge >= 0.3 is 0 Å². The van der Waals surface area contributed by atoms with Gasteiger partial charge in [0.15, 0.2) is 0 Å². The molecule has 0 bridgehead atoms. The minimum Gasteiger partial charge on any atom is -0.340 e. The van der Waals surface area contributed by atoms with E-state index in [9.17, 15) is 0 Å². The fourth-order valence-electron chi connectivity index (χ4n) is 2.35. The highest BCUT2D eigenvalue weighted by atomic mass is 35.5. The van der Waals surface area contributed by atoms with E-state index in [0.717, 1.165) is 43.6 Å². The van der Waals surface area contributed by atoms with Gasteiger partial charge in [0, 0.05) is 48.1 Å². The van der Waals surface area contributed by atoms with Crippen LogP contribution < -0.4 is 10.2 Å². The highest BCUT2D eigenvalue weighted by molar-refractivity contribution is 6.35. The van der Waals surface area contributed by atoms with E-state index in [2.05, 4.69) is 32.1 Å². The Kier molecular flexibility index (Phi) is 4.66. The van der Waals surface area contributed by atoms with E-state index in [1.54, 1.807) is 12.3 Å². The summed E-state index contributed by atoms with van der Waals surface area (Å²) in [6, 6.07) is 7.15. The van der Waals surface area contributed by atoms with E-state index in [1.807, 2.05) is 18.2 Å². The van der Waals surface area contributed by atoms with E-state index < -0.39 is 0 Å².